The Morgan fingerprint density at radius 2 is 1.78 bits per heavy atom. The highest BCUT2D eigenvalue weighted by atomic mass is 32.1. The average Bonchev–Trinajstić information content (AvgIpc) is 3.56. The van der Waals surface area contributed by atoms with E-state index in [4.69, 9.17) is 4.98 Å². The standard InChI is InChI=1S/C25H24FN3O2S/c26-19-12-10-17(11-13-19)22-16-32-25(27-22)29(21-8-2-1-3-9-21)24(31)18-14-23(30)28(15-18)20-6-4-5-7-20/h1-3,8-13,16,18,20H,4-7,14-15H2/t18-/m0/s1. The molecule has 164 valence electrons. The Morgan fingerprint density at radius 3 is 2.50 bits per heavy atom. The first kappa shape index (κ1) is 20.8. The number of aromatic nitrogens is 1. The molecule has 0 bridgehead atoms. The number of likely N-dealkylation sites (tertiary alicyclic amines) is 1. The van der Waals surface area contributed by atoms with Crippen LogP contribution < -0.4 is 4.90 Å². The van der Waals surface area contributed by atoms with Crippen molar-refractivity contribution in [2.24, 2.45) is 5.92 Å². The van der Waals surface area contributed by atoms with E-state index in [1.165, 1.54) is 23.5 Å². The molecule has 5 nitrogen and oxygen atoms in total. The maximum atomic E-state index is 13.7. The molecule has 0 N–H and O–H groups in total. The van der Waals surface area contributed by atoms with Crippen LogP contribution in [0.25, 0.3) is 11.3 Å². The summed E-state index contributed by atoms with van der Waals surface area (Å²) in [6.07, 6.45) is 4.60. The van der Waals surface area contributed by atoms with E-state index in [1.54, 1.807) is 17.0 Å². The van der Waals surface area contributed by atoms with Crippen LogP contribution in [-0.2, 0) is 9.59 Å². The van der Waals surface area contributed by atoms with E-state index in [0.29, 0.717) is 17.4 Å². The van der Waals surface area contributed by atoms with Crippen molar-refractivity contribution in [1.82, 2.24) is 9.88 Å². The lowest BCUT2D eigenvalue weighted by Gasteiger charge is -2.26. The van der Waals surface area contributed by atoms with Crippen molar-refractivity contribution in [2.75, 3.05) is 11.4 Å². The third-order valence-corrected chi connectivity index (χ3v) is 7.16. The Morgan fingerprint density at radius 1 is 1.06 bits per heavy atom. The van der Waals surface area contributed by atoms with E-state index in [2.05, 4.69) is 0 Å². The molecule has 2 amide bonds. The van der Waals surface area contributed by atoms with E-state index in [0.717, 1.165) is 36.9 Å². The van der Waals surface area contributed by atoms with E-state index in [1.807, 2.05) is 40.6 Å². The minimum Gasteiger partial charge on any atom is -0.339 e. The van der Waals surface area contributed by atoms with Crippen LogP contribution in [0.4, 0.5) is 15.2 Å². The van der Waals surface area contributed by atoms with Gasteiger partial charge in [-0.2, -0.15) is 0 Å². The minimum atomic E-state index is -0.388. The molecule has 3 aromatic rings. The predicted octanol–water partition coefficient (Wildman–Crippen LogP) is 5.41. The van der Waals surface area contributed by atoms with Gasteiger partial charge in [-0.25, -0.2) is 9.37 Å². The van der Waals surface area contributed by atoms with Crippen LogP contribution in [0, 0.1) is 11.7 Å². The molecule has 7 heteroatoms. The van der Waals surface area contributed by atoms with Gasteiger partial charge in [-0.15, -0.1) is 11.3 Å². The highest BCUT2D eigenvalue weighted by molar-refractivity contribution is 7.14. The van der Waals surface area contributed by atoms with Gasteiger partial charge >= 0.3 is 0 Å². The monoisotopic (exact) mass is 449 g/mol. The van der Waals surface area contributed by atoms with Crippen LogP contribution in [0.3, 0.4) is 0 Å². The van der Waals surface area contributed by atoms with E-state index >= 15 is 0 Å². The van der Waals surface area contributed by atoms with Gasteiger partial charge in [0.15, 0.2) is 5.13 Å². The summed E-state index contributed by atoms with van der Waals surface area (Å²) in [7, 11) is 0. The van der Waals surface area contributed by atoms with Crippen LogP contribution in [0.1, 0.15) is 32.1 Å². The Labute approximate surface area is 190 Å². The topological polar surface area (TPSA) is 53.5 Å². The Balaban J connectivity index is 1.44. The van der Waals surface area contributed by atoms with Crippen molar-refractivity contribution in [3.05, 3.63) is 65.8 Å². The zero-order chi connectivity index (χ0) is 22.1. The average molecular weight is 450 g/mol. The van der Waals surface area contributed by atoms with Crippen LogP contribution >= 0.6 is 11.3 Å². The third kappa shape index (κ3) is 4.05. The SMILES string of the molecule is O=C([C@H]1CC(=O)N(C2CCCC2)C1)N(c1ccccc1)c1nc(-c2ccc(F)cc2)cs1. The molecule has 0 spiro atoms. The number of hydrogen-bond acceptors (Lipinski definition) is 4. The third-order valence-electron chi connectivity index (χ3n) is 6.33. The van der Waals surface area contributed by atoms with E-state index < -0.39 is 0 Å². The Bertz CT molecular complexity index is 1110. The first-order valence-corrected chi connectivity index (χ1v) is 11.9. The molecule has 2 heterocycles. The number of halogens is 1. The summed E-state index contributed by atoms with van der Waals surface area (Å²) < 4.78 is 13.3. The number of rotatable bonds is 5. The first-order valence-electron chi connectivity index (χ1n) is 11.0. The second-order valence-electron chi connectivity index (χ2n) is 8.42. The maximum Gasteiger partial charge on any atom is 0.238 e. The van der Waals surface area contributed by atoms with Crippen LogP contribution in [-0.4, -0.2) is 34.3 Å². The van der Waals surface area contributed by atoms with Gasteiger partial charge < -0.3 is 4.90 Å². The zero-order valence-electron chi connectivity index (χ0n) is 17.6. The van der Waals surface area contributed by atoms with Gasteiger partial charge in [-0.05, 0) is 49.2 Å². The number of carbonyl (C=O) groups is 2. The van der Waals surface area contributed by atoms with Gasteiger partial charge in [0.1, 0.15) is 5.82 Å². The first-order chi connectivity index (χ1) is 15.6. The van der Waals surface area contributed by atoms with Crippen LogP contribution in [0.5, 0.6) is 0 Å². The lowest BCUT2D eigenvalue weighted by Crippen LogP contribution is -2.37. The minimum absolute atomic E-state index is 0.0781. The molecule has 0 radical (unpaired) electrons. The van der Waals surface area contributed by atoms with E-state index in [-0.39, 0.29) is 36.0 Å². The number of para-hydroxylation sites is 1. The molecular formula is C25H24FN3O2S. The number of hydrogen-bond donors (Lipinski definition) is 0. The Hall–Kier alpha value is -3.06. The van der Waals surface area contributed by atoms with Gasteiger partial charge in [-0.1, -0.05) is 31.0 Å². The fourth-order valence-corrected chi connectivity index (χ4v) is 5.54. The maximum absolute atomic E-state index is 13.7. The molecule has 1 atom stereocenters. The van der Waals surface area contributed by atoms with Crippen molar-refractivity contribution in [2.45, 2.75) is 38.1 Å². The lowest BCUT2D eigenvalue weighted by atomic mass is 10.1. The normalized spacial score (nSPS) is 19.0. The number of carbonyl (C=O) groups excluding carboxylic acids is 2. The summed E-state index contributed by atoms with van der Waals surface area (Å²) >= 11 is 1.37. The predicted molar refractivity (Wildman–Crippen MR) is 123 cm³/mol. The molecule has 2 aliphatic rings. The molecular weight excluding hydrogens is 425 g/mol. The van der Waals surface area contributed by atoms with Crippen molar-refractivity contribution in [3.8, 4) is 11.3 Å². The fourth-order valence-electron chi connectivity index (χ4n) is 4.68. The van der Waals surface area contributed by atoms with Gasteiger partial charge in [0.2, 0.25) is 11.8 Å². The molecule has 1 saturated heterocycles. The van der Waals surface area contributed by atoms with Crippen LogP contribution in [0.15, 0.2) is 60.0 Å². The van der Waals surface area contributed by atoms with Gasteiger partial charge in [0.25, 0.3) is 0 Å². The highest BCUT2D eigenvalue weighted by Gasteiger charge is 2.41. The van der Waals surface area contributed by atoms with Gasteiger partial charge in [0, 0.05) is 30.0 Å². The molecule has 32 heavy (non-hydrogen) atoms. The van der Waals surface area contributed by atoms with E-state index in [9.17, 15) is 14.0 Å². The number of thiazole rings is 1. The summed E-state index contributed by atoms with van der Waals surface area (Å²) in [5, 5.41) is 2.42. The van der Waals surface area contributed by atoms with Crippen LogP contribution in [0.2, 0.25) is 0 Å². The van der Waals surface area contributed by atoms with Crippen molar-refractivity contribution < 1.29 is 14.0 Å². The molecule has 1 aliphatic heterocycles. The largest absolute Gasteiger partial charge is 0.339 e. The number of anilines is 2. The second kappa shape index (κ2) is 8.82. The fraction of sp³-hybridized carbons (Fsp3) is 0.320. The zero-order valence-corrected chi connectivity index (χ0v) is 18.4. The quantitative estimate of drug-likeness (QED) is 0.524. The Kier molecular flexibility index (Phi) is 5.74. The summed E-state index contributed by atoms with van der Waals surface area (Å²) in [4.78, 5) is 34.7. The lowest BCUT2D eigenvalue weighted by molar-refractivity contribution is -0.130. The molecule has 1 saturated carbocycles. The number of amides is 2. The second-order valence-corrected chi connectivity index (χ2v) is 9.25. The smallest absolute Gasteiger partial charge is 0.238 e. The van der Waals surface area contributed by atoms with Crippen molar-refractivity contribution in [3.63, 3.8) is 0 Å². The molecule has 2 aromatic carbocycles. The number of nitrogens with zero attached hydrogens (tertiary/aromatic N) is 3. The summed E-state index contributed by atoms with van der Waals surface area (Å²) in [6.45, 7) is 0.474. The van der Waals surface area contributed by atoms with Gasteiger partial charge in [0.05, 0.1) is 17.3 Å². The van der Waals surface area contributed by atoms with Gasteiger partial charge in [-0.3, -0.25) is 14.5 Å². The van der Waals surface area contributed by atoms with Crippen molar-refractivity contribution >= 4 is 34.0 Å². The molecule has 1 aromatic heterocycles. The highest BCUT2D eigenvalue weighted by Crippen LogP contribution is 2.36. The molecule has 5 rings (SSSR count). The molecule has 1 aliphatic carbocycles. The summed E-state index contributed by atoms with van der Waals surface area (Å²) in [5.41, 5.74) is 2.20. The number of benzene rings is 2. The van der Waals surface area contributed by atoms with Crippen molar-refractivity contribution in [1.29, 1.82) is 0 Å². The summed E-state index contributed by atoms with van der Waals surface area (Å²) in [5.74, 6) is -0.719. The molecule has 2 fully saturated rings. The summed E-state index contributed by atoms with van der Waals surface area (Å²) in [6, 6.07) is 15.9. The molecule has 0 unspecified atom stereocenters.